The minimum Gasteiger partial charge on any atom is -0.351 e. The van der Waals surface area contributed by atoms with Crippen LogP contribution in [0.1, 0.15) is 39.1 Å². The fourth-order valence-corrected chi connectivity index (χ4v) is 3.77. The summed E-state index contributed by atoms with van der Waals surface area (Å²) in [6, 6.07) is 6.74. The number of carbonyl (C=O) groups is 1. The molecule has 6 nitrogen and oxygen atoms in total. The molecule has 0 aliphatic rings. The molecular formula is C18H12F4N4O2S. The summed E-state index contributed by atoms with van der Waals surface area (Å²) in [6.07, 6.45) is -5.07. The fourth-order valence-electron chi connectivity index (χ4n) is 2.75. The van der Waals surface area contributed by atoms with Gasteiger partial charge in [0.1, 0.15) is 22.5 Å². The van der Waals surface area contributed by atoms with Gasteiger partial charge in [-0.25, -0.2) is 13.8 Å². The number of rotatable bonds is 4. The van der Waals surface area contributed by atoms with Gasteiger partial charge in [0.05, 0.1) is 11.3 Å². The smallest absolute Gasteiger partial charge is 0.351 e. The van der Waals surface area contributed by atoms with Crippen LogP contribution in [0, 0.1) is 17.1 Å². The number of carbonyl (C=O) groups excluding carboxylic acids is 1. The number of halogens is 4. The highest BCUT2D eigenvalue weighted by molar-refractivity contribution is 7.17. The summed E-state index contributed by atoms with van der Waals surface area (Å²) in [4.78, 5) is 27.1. The molecule has 1 amide bonds. The van der Waals surface area contributed by atoms with Gasteiger partial charge >= 0.3 is 6.18 Å². The average Bonchev–Trinajstić information content (AvgIpc) is 3.04. The Hall–Kier alpha value is -3.26. The lowest BCUT2D eigenvalue weighted by atomic mass is 10.1. The molecule has 0 bridgehead atoms. The lowest BCUT2D eigenvalue weighted by molar-refractivity contribution is -0.134. The van der Waals surface area contributed by atoms with Crippen LogP contribution in [0.25, 0.3) is 4.96 Å². The molecule has 29 heavy (non-hydrogen) atoms. The van der Waals surface area contributed by atoms with Crippen LogP contribution in [-0.2, 0) is 12.6 Å². The summed E-state index contributed by atoms with van der Waals surface area (Å²) >= 11 is 0.156. The molecule has 1 N–H and O–H groups in total. The van der Waals surface area contributed by atoms with Crippen molar-refractivity contribution in [1.82, 2.24) is 14.7 Å². The van der Waals surface area contributed by atoms with Crippen molar-refractivity contribution in [3.05, 3.63) is 67.8 Å². The number of fused-ring (bicyclic) bond motifs is 1. The van der Waals surface area contributed by atoms with Crippen molar-refractivity contribution in [1.29, 1.82) is 5.26 Å². The summed E-state index contributed by atoms with van der Waals surface area (Å²) < 4.78 is 55.1. The molecule has 2 aromatic heterocycles. The Labute approximate surface area is 165 Å². The van der Waals surface area contributed by atoms with E-state index in [4.69, 9.17) is 5.26 Å². The number of nitrogens with zero attached hydrogens (tertiary/aromatic N) is 3. The molecule has 0 aliphatic carbocycles. The van der Waals surface area contributed by atoms with E-state index in [1.165, 1.54) is 25.1 Å². The molecule has 2 heterocycles. The Bertz CT molecular complexity index is 1210. The maximum absolute atomic E-state index is 14.3. The molecule has 0 atom stereocenters. The topological polar surface area (TPSA) is 87.3 Å². The maximum atomic E-state index is 14.3. The van der Waals surface area contributed by atoms with Gasteiger partial charge in [-0.15, -0.1) is 0 Å². The van der Waals surface area contributed by atoms with Gasteiger partial charge < -0.3 is 5.32 Å². The molecule has 0 aliphatic heterocycles. The van der Waals surface area contributed by atoms with Crippen molar-refractivity contribution < 1.29 is 22.4 Å². The normalized spacial score (nSPS) is 11.4. The third kappa shape index (κ3) is 3.84. The van der Waals surface area contributed by atoms with Crippen LogP contribution in [0.15, 0.2) is 29.1 Å². The van der Waals surface area contributed by atoms with Crippen molar-refractivity contribution in [3.8, 4) is 6.07 Å². The van der Waals surface area contributed by atoms with Gasteiger partial charge in [0, 0.05) is 19.0 Å². The first-order chi connectivity index (χ1) is 13.7. The second-order valence-electron chi connectivity index (χ2n) is 5.91. The summed E-state index contributed by atoms with van der Waals surface area (Å²) in [7, 11) is 0. The summed E-state index contributed by atoms with van der Waals surface area (Å²) in [5, 5.41) is 11.2. The van der Waals surface area contributed by atoms with Crippen molar-refractivity contribution in [2.24, 2.45) is 0 Å². The lowest BCUT2D eigenvalue weighted by Gasteiger charge is -2.08. The van der Waals surface area contributed by atoms with E-state index in [9.17, 15) is 27.2 Å². The van der Waals surface area contributed by atoms with Gasteiger partial charge in [-0.3, -0.25) is 9.59 Å². The van der Waals surface area contributed by atoms with E-state index in [1.54, 1.807) is 6.07 Å². The predicted octanol–water partition coefficient (Wildman–Crippen LogP) is 3.13. The predicted molar refractivity (Wildman–Crippen MR) is 96.3 cm³/mol. The standard InChI is InChI=1S/C18H12F4N4O2S/c1-2-24-16(28)14-15(18(20,21)22)29-17-25-11(7-12(27)26(14)17)6-9-4-3-5-10(8-23)13(9)19/h3-5,7H,2,6H2,1H3,(H,24,28). The van der Waals surface area contributed by atoms with E-state index in [2.05, 4.69) is 10.3 Å². The first kappa shape index (κ1) is 20.5. The highest BCUT2D eigenvalue weighted by atomic mass is 32.1. The van der Waals surface area contributed by atoms with Crippen LogP contribution in [0.5, 0.6) is 0 Å². The van der Waals surface area contributed by atoms with Gasteiger partial charge in [0.25, 0.3) is 11.5 Å². The molecule has 3 rings (SSSR count). The molecule has 0 spiro atoms. The van der Waals surface area contributed by atoms with Crippen LogP contribution < -0.4 is 10.9 Å². The largest absolute Gasteiger partial charge is 0.427 e. The molecule has 150 valence electrons. The number of alkyl halides is 3. The Morgan fingerprint density at radius 3 is 2.72 bits per heavy atom. The quantitative estimate of drug-likeness (QED) is 0.652. The van der Waals surface area contributed by atoms with Gasteiger partial charge in [0.2, 0.25) is 0 Å². The third-order valence-electron chi connectivity index (χ3n) is 3.95. The van der Waals surface area contributed by atoms with Crippen molar-refractivity contribution in [3.63, 3.8) is 0 Å². The monoisotopic (exact) mass is 424 g/mol. The number of benzene rings is 1. The van der Waals surface area contributed by atoms with E-state index in [0.717, 1.165) is 6.07 Å². The minimum absolute atomic E-state index is 0.0152. The van der Waals surface area contributed by atoms with Crippen molar-refractivity contribution in [2.75, 3.05) is 6.54 Å². The van der Waals surface area contributed by atoms with E-state index in [-0.39, 0.29) is 46.1 Å². The SMILES string of the molecule is CCNC(=O)c1c(C(F)(F)F)sc2nc(Cc3cccc(C#N)c3F)cc(=O)n12. The first-order valence-corrected chi connectivity index (χ1v) is 9.07. The van der Waals surface area contributed by atoms with E-state index < -0.39 is 34.0 Å². The molecule has 11 heteroatoms. The van der Waals surface area contributed by atoms with Gasteiger partial charge in [-0.1, -0.05) is 23.5 Å². The number of nitrogens with one attached hydrogen (secondary N) is 1. The van der Waals surface area contributed by atoms with Crippen molar-refractivity contribution in [2.45, 2.75) is 19.5 Å². The minimum atomic E-state index is -4.86. The second kappa shape index (κ2) is 7.63. The molecule has 0 unspecified atom stereocenters. The van der Waals surface area contributed by atoms with Crippen LogP contribution in [0.2, 0.25) is 0 Å². The average molecular weight is 424 g/mol. The zero-order chi connectivity index (χ0) is 21.3. The van der Waals surface area contributed by atoms with Gasteiger partial charge in [-0.2, -0.15) is 18.4 Å². The lowest BCUT2D eigenvalue weighted by Crippen LogP contribution is -2.29. The molecule has 0 saturated carbocycles. The highest BCUT2D eigenvalue weighted by Gasteiger charge is 2.40. The Kier molecular flexibility index (Phi) is 5.39. The van der Waals surface area contributed by atoms with E-state index in [1.807, 2.05) is 0 Å². The van der Waals surface area contributed by atoms with Gasteiger partial charge in [0.15, 0.2) is 4.96 Å². The molecular weight excluding hydrogens is 412 g/mol. The third-order valence-corrected chi connectivity index (χ3v) is 5.04. The number of amides is 1. The van der Waals surface area contributed by atoms with Crippen LogP contribution in [0.3, 0.4) is 0 Å². The Balaban J connectivity index is 2.17. The molecule has 3 aromatic rings. The second-order valence-corrected chi connectivity index (χ2v) is 6.89. The van der Waals surface area contributed by atoms with Crippen LogP contribution in [-0.4, -0.2) is 21.8 Å². The van der Waals surface area contributed by atoms with Crippen LogP contribution in [0.4, 0.5) is 17.6 Å². The van der Waals surface area contributed by atoms with E-state index in [0.29, 0.717) is 4.40 Å². The number of hydrogen-bond acceptors (Lipinski definition) is 5. The number of thiazole rings is 1. The number of hydrogen-bond donors (Lipinski definition) is 1. The van der Waals surface area contributed by atoms with E-state index >= 15 is 0 Å². The highest BCUT2D eigenvalue weighted by Crippen LogP contribution is 2.37. The molecule has 0 radical (unpaired) electrons. The van der Waals surface area contributed by atoms with Crippen LogP contribution >= 0.6 is 11.3 Å². The number of nitriles is 1. The summed E-state index contributed by atoms with van der Waals surface area (Å²) in [5.41, 5.74) is -1.84. The number of aromatic nitrogens is 2. The zero-order valence-electron chi connectivity index (χ0n) is 14.8. The summed E-state index contributed by atoms with van der Waals surface area (Å²) in [6.45, 7) is 1.60. The molecule has 1 aromatic carbocycles. The first-order valence-electron chi connectivity index (χ1n) is 8.25. The zero-order valence-corrected chi connectivity index (χ0v) is 15.6. The summed E-state index contributed by atoms with van der Waals surface area (Å²) in [5.74, 6) is -1.84. The Morgan fingerprint density at radius 2 is 2.10 bits per heavy atom. The maximum Gasteiger partial charge on any atom is 0.427 e. The van der Waals surface area contributed by atoms with Crippen molar-refractivity contribution >= 4 is 22.2 Å². The fraction of sp³-hybridized carbons (Fsp3) is 0.222. The van der Waals surface area contributed by atoms with Gasteiger partial charge in [-0.05, 0) is 18.6 Å². The molecule has 0 fully saturated rings. The molecule has 0 saturated heterocycles. The Morgan fingerprint density at radius 1 is 1.38 bits per heavy atom.